The number of piperidine rings is 1. The highest BCUT2D eigenvalue weighted by Gasteiger charge is 2.45. The van der Waals surface area contributed by atoms with Crippen molar-refractivity contribution in [3.63, 3.8) is 0 Å². The molecule has 1 amide bonds. The summed E-state index contributed by atoms with van der Waals surface area (Å²) in [7, 11) is -3.64. The predicted octanol–water partition coefficient (Wildman–Crippen LogP) is 1.75. The highest BCUT2D eigenvalue weighted by atomic mass is 32.2. The lowest BCUT2D eigenvalue weighted by Crippen LogP contribution is -2.47. The highest BCUT2D eigenvalue weighted by Crippen LogP contribution is 2.31. The first-order valence-electron chi connectivity index (χ1n) is 9.99. The molecule has 1 aromatic rings. The Hall–Kier alpha value is -2.13. The van der Waals surface area contributed by atoms with Gasteiger partial charge in [0.1, 0.15) is 11.3 Å². The number of aromatic hydroxyl groups is 1. The van der Waals surface area contributed by atoms with Crippen molar-refractivity contribution in [3.8, 4) is 5.75 Å². The van der Waals surface area contributed by atoms with Gasteiger partial charge in [-0.1, -0.05) is 19.9 Å². The first-order chi connectivity index (χ1) is 13.5. The van der Waals surface area contributed by atoms with E-state index in [4.69, 9.17) is 5.73 Å². The molecule has 2 aliphatic heterocycles. The third-order valence-corrected chi connectivity index (χ3v) is 7.51. The van der Waals surface area contributed by atoms with E-state index in [0.717, 1.165) is 0 Å². The van der Waals surface area contributed by atoms with Crippen LogP contribution in [0.15, 0.2) is 34.2 Å². The van der Waals surface area contributed by atoms with Gasteiger partial charge in [-0.05, 0) is 56.2 Å². The molecule has 1 atom stereocenters. The van der Waals surface area contributed by atoms with Crippen LogP contribution in [-0.2, 0) is 14.8 Å². The molecule has 0 aromatic heterocycles. The molecule has 0 saturated carbocycles. The molecule has 0 spiro atoms. The Morgan fingerprint density at radius 1 is 1.31 bits per heavy atom. The second-order valence-electron chi connectivity index (χ2n) is 8.60. The lowest BCUT2D eigenvalue weighted by Gasteiger charge is -2.33. The predicted molar refractivity (Wildman–Crippen MR) is 111 cm³/mol. The molecule has 2 aliphatic rings. The van der Waals surface area contributed by atoms with Crippen molar-refractivity contribution in [2.24, 2.45) is 22.6 Å². The van der Waals surface area contributed by atoms with Gasteiger partial charge in [0.25, 0.3) is 5.91 Å². The zero-order valence-electron chi connectivity index (χ0n) is 17.2. The Labute approximate surface area is 172 Å². The summed E-state index contributed by atoms with van der Waals surface area (Å²) in [6.07, 6.45) is 1.91. The van der Waals surface area contributed by atoms with Crippen molar-refractivity contribution in [1.82, 2.24) is 9.21 Å². The first-order valence-corrected chi connectivity index (χ1v) is 11.4. The smallest absolute Gasteiger partial charge is 0.257 e. The van der Waals surface area contributed by atoms with E-state index in [0.29, 0.717) is 44.8 Å². The van der Waals surface area contributed by atoms with E-state index >= 15 is 0 Å². The zero-order valence-corrected chi connectivity index (χ0v) is 18.0. The van der Waals surface area contributed by atoms with Crippen LogP contribution in [0.1, 0.15) is 40.0 Å². The van der Waals surface area contributed by atoms with Crippen molar-refractivity contribution < 1.29 is 18.3 Å². The molecule has 8 nitrogen and oxygen atoms in total. The van der Waals surface area contributed by atoms with Gasteiger partial charge in [-0.3, -0.25) is 9.69 Å². The summed E-state index contributed by atoms with van der Waals surface area (Å²) in [6.45, 7) is 7.12. The van der Waals surface area contributed by atoms with Gasteiger partial charge >= 0.3 is 0 Å². The molecule has 0 bridgehead atoms. The summed E-state index contributed by atoms with van der Waals surface area (Å²) in [5.41, 5.74) is 5.24. The molecule has 1 saturated heterocycles. The van der Waals surface area contributed by atoms with Crippen molar-refractivity contribution in [2.75, 3.05) is 19.6 Å². The van der Waals surface area contributed by atoms with E-state index in [2.05, 4.69) is 18.8 Å². The van der Waals surface area contributed by atoms with E-state index in [1.165, 1.54) is 28.6 Å². The number of sulfonamides is 1. The Balaban J connectivity index is 1.62. The largest absolute Gasteiger partial charge is 0.508 e. The van der Waals surface area contributed by atoms with Crippen LogP contribution in [0, 0.1) is 11.8 Å². The number of amides is 1. The van der Waals surface area contributed by atoms with Crippen molar-refractivity contribution >= 4 is 21.9 Å². The second-order valence-corrected chi connectivity index (χ2v) is 10.5. The summed E-state index contributed by atoms with van der Waals surface area (Å²) in [4.78, 5) is 19.0. The lowest BCUT2D eigenvalue weighted by atomic mass is 9.90. The number of phenolic OH excluding ortho intramolecular Hbond substituents is 1. The number of hydrogen-bond donors (Lipinski definition) is 2. The van der Waals surface area contributed by atoms with Gasteiger partial charge < -0.3 is 10.8 Å². The van der Waals surface area contributed by atoms with Crippen molar-refractivity contribution in [2.45, 2.75) is 50.5 Å². The van der Waals surface area contributed by atoms with Gasteiger partial charge in [0.15, 0.2) is 5.96 Å². The molecule has 3 rings (SSSR count). The Morgan fingerprint density at radius 3 is 2.55 bits per heavy atom. The number of hydrogen-bond acceptors (Lipinski definition) is 6. The van der Waals surface area contributed by atoms with Crippen LogP contribution in [-0.4, -0.2) is 59.8 Å². The standard InChI is InChI=1S/C20H30N4O4S/c1-14(2)12-20(3)18(26)24(19(21)22-20)13-15-7-9-23(10-8-15)29(27,28)17-6-4-5-16(25)11-17/h4-6,11,14-15,25H,7-10,12-13H2,1-3H3,(H2,21,22). The van der Waals surface area contributed by atoms with E-state index in [-0.39, 0.29) is 28.4 Å². The Morgan fingerprint density at radius 2 is 1.97 bits per heavy atom. The number of carbonyl (C=O) groups excluding carboxylic acids is 1. The van der Waals surface area contributed by atoms with Crippen LogP contribution in [0.5, 0.6) is 5.75 Å². The monoisotopic (exact) mass is 422 g/mol. The molecule has 9 heteroatoms. The minimum atomic E-state index is -3.64. The summed E-state index contributed by atoms with van der Waals surface area (Å²) in [5, 5.41) is 9.58. The van der Waals surface area contributed by atoms with Gasteiger partial charge in [-0.2, -0.15) is 4.31 Å². The number of guanidine groups is 1. The number of phenols is 1. The minimum absolute atomic E-state index is 0.0708. The quantitative estimate of drug-likeness (QED) is 0.724. The number of carbonyl (C=O) groups is 1. The van der Waals surface area contributed by atoms with Crippen molar-refractivity contribution in [3.05, 3.63) is 24.3 Å². The molecular weight excluding hydrogens is 392 g/mol. The van der Waals surface area contributed by atoms with Gasteiger partial charge in [-0.25, -0.2) is 13.4 Å². The van der Waals surface area contributed by atoms with Crippen molar-refractivity contribution in [1.29, 1.82) is 0 Å². The lowest BCUT2D eigenvalue weighted by molar-refractivity contribution is -0.131. The van der Waals surface area contributed by atoms with Crippen LogP contribution in [0.2, 0.25) is 0 Å². The van der Waals surface area contributed by atoms with Crippen LogP contribution in [0.4, 0.5) is 0 Å². The maximum atomic E-state index is 12.9. The zero-order chi connectivity index (χ0) is 21.4. The fourth-order valence-corrected chi connectivity index (χ4v) is 5.75. The number of benzene rings is 1. The number of nitrogens with two attached hydrogens (primary N) is 1. The molecule has 1 aromatic carbocycles. The topological polar surface area (TPSA) is 116 Å². The van der Waals surface area contributed by atoms with Crippen LogP contribution < -0.4 is 5.73 Å². The third-order valence-electron chi connectivity index (χ3n) is 5.62. The molecule has 2 heterocycles. The maximum absolute atomic E-state index is 12.9. The average molecular weight is 423 g/mol. The minimum Gasteiger partial charge on any atom is -0.508 e. The Bertz CT molecular complexity index is 907. The summed E-state index contributed by atoms with van der Waals surface area (Å²) in [5.74, 6) is 0.593. The van der Waals surface area contributed by atoms with E-state index in [1.54, 1.807) is 4.90 Å². The number of aliphatic imine (C=N–C) groups is 1. The third kappa shape index (κ3) is 4.40. The fraction of sp³-hybridized carbons (Fsp3) is 0.600. The molecule has 0 radical (unpaired) electrons. The summed E-state index contributed by atoms with van der Waals surface area (Å²) >= 11 is 0. The highest BCUT2D eigenvalue weighted by molar-refractivity contribution is 7.89. The van der Waals surface area contributed by atoms with Gasteiger partial charge in [0, 0.05) is 19.6 Å². The molecule has 29 heavy (non-hydrogen) atoms. The molecule has 3 N–H and O–H groups in total. The Kier molecular flexibility index (Phi) is 5.91. The maximum Gasteiger partial charge on any atom is 0.257 e. The van der Waals surface area contributed by atoms with Crippen LogP contribution in [0.25, 0.3) is 0 Å². The van der Waals surface area contributed by atoms with Crippen LogP contribution >= 0.6 is 0 Å². The molecule has 1 unspecified atom stereocenters. The van der Waals surface area contributed by atoms with E-state index in [9.17, 15) is 18.3 Å². The van der Waals surface area contributed by atoms with Gasteiger partial charge in [0.05, 0.1) is 4.90 Å². The SMILES string of the molecule is CC(C)CC1(C)N=C(N)N(CC2CCN(S(=O)(=O)c3cccc(O)c3)CC2)C1=O. The molecular formula is C20H30N4O4S. The number of nitrogens with zero attached hydrogens (tertiary/aromatic N) is 3. The summed E-state index contributed by atoms with van der Waals surface area (Å²) < 4.78 is 27.0. The molecule has 1 fully saturated rings. The molecule has 160 valence electrons. The summed E-state index contributed by atoms with van der Waals surface area (Å²) in [6, 6.07) is 5.70. The normalized spacial score (nSPS) is 24.3. The number of rotatable bonds is 6. The molecule has 0 aliphatic carbocycles. The fourth-order valence-electron chi connectivity index (χ4n) is 4.24. The van der Waals surface area contributed by atoms with Gasteiger partial charge in [0.2, 0.25) is 10.0 Å². The van der Waals surface area contributed by atoms with Crippen LogP contribution in [0.3, 0.4) is 0 Å². The first kappa shape index (κ1) is 21.6. The second kappa shape index (κ2) is 7.95. The average Bonchev–Trinajstić information content (AvgIpc) is 2.84. The van der Waals surface area contributed by atoms with Gasteiger partial charge in [-0.15, -0.1) is 0 Å². The van der Waals surface area contributed by atoms with E-state index in [1.807, 2.05) is 6.92 Å². The van der Waals surface area contributed by atoms with E-state index < -0.39 is 15.6 Å².